The van der Waals surface area contributed by atoms with E-state index in [2.05, 4.69) is 9.88 Å². The lowest BCUT2D eigenvalue weighted by molar-refractivity contribution is -0.136. The molecule has 148 valence electrons. The molecule has 1 aromatic heterocycles. The minimum Gasteiger partial charge on any atom is -0.395 e. The van der Waals surface area contributed by atoms with Crippen LogP contribution in [0.2, 0.25) is 0 Å². The molecule has 1 spiro atoms. The third kappa shape index (κ3) is 3.71. The molecule has 0 aliphatic carbocycles. The number of likely N-dealkylation sites (tertiary alicyclic amines) is 1. The molecule has 0 radical (unpaired) electrons. The quantitative estimate of drug-likeness (QED) is 0.732. The van der Waals surface area contributed by atoms with Gasteiger partial charge >= 0.3 is 6.03 Å². The van der Waals surface area contributed by atoms with Gasteiger partial charge in [-0.15, -0.1) is 0 Å². The number of pyridine rings is 1. The van der Waals surface area contributed by atoms with Crippen molar-refractivity contribution in [2.45, 2.75) is 51.1 Å². The number of aliphatic hydroxyl groups excluding tert-OH is 1. The van der Waals surface area contributed by atoms with E-state index >= 15 is 0 Å². The van der Waals surface area contributed by atoms with E-state index in [4.69, 9.17) is 0 Å². The Balaban J connectivity index is 1.66. The summed E-state index contributed by atoms with van der Waals surface area (Å²) in [7, 11) is 0. The predicted molar refractivity (Wildman–Crippen MR) is 102 cm³/mol. The maximum absolute atomic E-state index is 13.2. The van der Waals surface area contributed by atoms with Crippen molar-refractivity contribution in [3.05, 3.63) is 30.1 Å². The SMILES string of the molecule is CCN1C(=O)N(CCCc2cccnc2)C(=O)C12CCN([C@@H](C)CO)CC2. The van der Waals surface area contributed by atoms with Crippen molar-refractivity contribution < 1.29 is 14.7 Å². The molecule has 1 atom stereocenters. The number of amides is 3. The molecule has 0 unspecified atom stereocenters. The second kappa shape index (κ2) is 8.35. The summed E-state index contributed by atoms with van der Waals surface area (Å²) in [4.78, 5) is 35.7. The Morgan fingerprint density at radius 1 is 1.30 bits per heavy atom. The van der Waals surface area contributed by atoms with Gasteiger partial charge in [-0.3, -0.25) is 19.6 Å². The first-order chi connectivity index (χ1) is 13.0. The van der Waals surface area contributed by atoms with Crippen LogP contribution in [0.15, 0.2) is 24.5 Å². The number of carbonyl (C=O) groups is 2. The van der Waals surface area contributed by atoms with Gasteiger partial charge in [0.05, 0.1) is 6.61 Å². The molecule has 0 saturated carbocycles. The van der Waals surface area contributed by atoms with Crippen LogP contribution in [0.5, 0.6) is 0 Å². The minimum atomic E-state index is -0.703. The van der Waals surface area contributed by atoms with Crippen molar-refractivity contribution in [2.75, 3.05) is 32.8 Å². The van der Waals surface area contributed by atoms with Crippen molar-refractivity contribution in [2.24, 2.45) is 0 Å². The van der Waals surface area contributed by atoms with Gasteiger partial charge in [0.2, 0.25) is 0 Å². The number of nitrogens with zero attached hydrogens (tertiary/aromatic N) is 4. The fourth-order valence-electron chi connectivity index (χ4n) is 4.34. The summed E-state index contributed by atoms with van der Waals surface area (Å²) in [6, 6.07) is 3.84. The van der Waals surface area contributed by atoms with Crippen LogP contribution in [0.4, 0.5) is 4.79 Å². The first-order valence-corrected chi connectivity index (χ1v) is 9.91. The summed E-state index contributed by atoms with van der Waals surface area (Å²) in [6.07, 6.45) is 6.37. The van der Waals surface area contributed by atoms with E-state index in [0.717, 1.165) is 31.5 Å². The van der Waals surface area contributed by atoms with Crippen LogP contribution >= 0.6 is 0 Å². The summed E-state index contributed by atoms with van der Waals surface area (Å²) in [5.41, 5.74) is 0.413. The first-order valence-electron chi connectivity index (χ1n) is 9.91. The zero-order valence-electron chi connectivity index (χ0n) is 16.3. The highest BCUT2D eigenvalue weighted by molar-refractivity contribution is 6.07. The number of aryl methyl sites for hydroxylation is 1. The van der Waals surface area contributed by atoms with Crippen molar-refractivity contribution >= 4 is 11.9 Å². The molecule has 3 amide bonds. The van der Waals surface area contributed by atoms with Crippen LogP contribution in [-0.2, 0) is 11.2 Å². The van der Waals surface area contributed by atoms with Crippen LogP contribution in [-0.4, -0.2) is 81.1 Å². The molecule has 2 saturated heterocycles. The van der Waals surface area contributed by atoms with Crippen LogP contribution in [0, 0.1) is 0 Å². The van der Waals surface area contributed by atoms with Crippen molar-refractivity contribution in [3.63, 3.8) is 0 Å². The molecule has 7 heteroatoms. The average molecular weight is 374 g/mol. The lowest BCUT2D eigenvalue weighted by atomic mass is 9.85. The van der Waals surface area contributed by atoms with E-state index in [0.29, 0.717) is 25.9 Å². The van der Waals surface area contributed by atoms with Gasteiger partial charge in [-0.25, -0.2) is 4.79 Å². The Labute approximate surface area is 161 Å². The first kappa shape index (κ1) is 19.8. The number of hydrogen-bond donors (Lipinski definition) is 1. The zero-order valence-corrected chi connectivity index (χ0v) is 16.3. The largest absolute Gasteiger partial charge is 0.395 e. The fourth-order valence-corrected chi connectivity index (χ4v) is 4.34. The number of likely N-dealkylation sites (N-methyl/N-ethyl adjacent to an activating group) is 1. The maximum atomic E-state index is 13.2. The predicted octanol–water partition coefficient (Wildman–Crippen LogP) is 1.51. The monoisotopic (exact) mass is 374 g/mol. The Kier molecular flexibility index (Phi) is 6.11. The second-order valence-electron chi connectivity index (χ2n) is 7.55. The van der Waals surface area contributed by atoms with E-state index in [1.54, 1.807) is 11.1 Å². The average Bonchev–Trinajstić information content (AvgIpc) is 2.89. The minimum absolute atomic E-state index is 0.0446. The molecule has 1 N–H and O–H groups in total. The highest BCUT2D eigenvalue weighted by Gasteiger charge is 2.57. The topological polar surface area (TPSA) is 77.0 Å². The molecule has 0 aromatic carbocycles. The molecule has 2 aliphatic rings. The van der Waals surface area contributed by atoms with Crippen molar-refractivity contribution in [1.29, 1.82) is 0 Å². The van der Waals surface area contributed by atoms with E-state index in [1.165, 1.54) is 4.90 Å². The van der Waals surface area contributed by atoms with Crippen LogP contribution in [0.3, 0.4) is 0 Å². The third-order valence-electron chi connectivity index (χ3n) is 6.02. The molecule has 0 bridgehead atoms. The molecule has 1 aromatic rings. The molecule has 7 nitrogen and oxygen atoms in total. The van der Waals surface area contributed by atoms with E-state index < -0.39 is 5.54 Å². The summed E-state index contributed by atoms with van der Waals surface area (Å²) in [5.74, 6) is -0.0446. The molecular weight excluding hydrogens is 344 g/mol. The summed E-state index contributed by atoms with van der Waals surface area (Å²) in [6.45, 7) is 6.47. The standard InChI is InChI=1S/C20H30N4O3/c1-3-24-19(27)23(11-5-7-17-6-4-10-21-14-17)18(26)20(24)8-12-22(13-9-20)16(2)15-25/h4,6,10,14,16,25H,3,5,7-9,11-13,15H2,1-2H3/t16-/m0/s1. The highest BCUT2D eigenvalue weighted by atomic mass is 16.3. The van der Waals surface area contributed by atoms with Crippen LogP contribution in [0.1, 0.15) is 38.7 Å². The number of piperidine rings is 1. The summed E-state index contributed by atoms with van der Waals surface area (Å²) >= 11 is 0. The number of carbonyl (C=O) groups excluding carboxylic acids is 2. The van der Waals surface area contributed by atoms with Crippen LogP contribution < -0.4 is 0 Å². The zero-order chi connectivity index (χ0) is 19.4. The molecular formula is C20H30N4O3. The number of urea groups is 1. The van der Waals surface area contributed by atoms with Gasteiger partial charge in [0.25, 0.3) is 5.91 Å². The number of hydrogen-bond acceptors (Lipinski definition) is 5. The highest BCUT2D eigenvalue weighted by Crippen LogP contribution is 2.37. The fraction of sp³-hybridized carbons (Fsp3) is 0.650. The molecule has 3 heterocycles. The van der Waals surface area contributed by atoms with E-state index in [9.17, 15) is 14.7 Å². The summed E-state index contributed by atoms with van der Waals surface area (Å²) < 4.78 is 0. The lowest BCUT2D eigenvalue weighted by Gasteiger charge is -2.43. The Hall–Kier alpha value is -1.99. The van der Waals surface area contributed by atoms with Gasteiger partial charge in [-0.05, 0) is 51.2 Å². The van der Waals surface area contributed by atoms with Gasteiger partial charge in [-0.2, -0.15) is 0 Å². The van der Waals surface area contributed by atoms with E-state index in [1.807, 2.05) is 32.2 Å². The van der Waals surface area contributed by atoms with Gasteiger partial charge < -0.3 is 10.0 Å². The van der Waals surface area contributed by atoms with Gasteiger partial charge in [-0.1, -0.05) is 6.07 Å². The number of aliphatic hydroxyl groups is 1. The Morgan fingerprint density at radius 3 is 2.63 bits per heavy atom. The number of imide groups is 1. The normalized spacial score (nSPS) is 21.3. The van der Waals surface area contributed by atoms with Gasteiger partial charge in [0.15, 0.2) is 0 Å². The van der Waals surface area contributed by atoms with Crippen LogP contribution in [0.25, 0.3) is 0 Å². The molecule has 2 aliphatic heterocycles. The third-order valence-corrected chi connectivity index (χ3v) is 6.02. The lowest BCUT2D eigenvalue weighted by Crippen LogP contribution is -2.58. The van der Waals surface area contributed by atoms with Crippen molar-refractivity contribution in [1.82, 2.24) is 19.7 Å². The Bertz CT molecular complexity index is 658. The van der Waals surface area contributed by atoms with Crippen molar-refractivity contribution in [3.8, 4) is 0 Å². The number of aromatic nitrogens is 1. The number of rotatable bonds is 7. The maximum Gasteiger partial charge on any atom is 0.327 e. The molecule has 27 heavy (non-hydrogen) atoms. The summed E-state index contributed by atoms with van der Waals surface area (Å²) in [5, 5.41) is 9.38. The second-order valence-corrected chi connectivity index (χ2v) is 7.55. The van der Waals surface area contributed by atoms with Gasteiger partial charge in [0.1, 0.15) is 5.54 Å². The molecule has 2 fully saturated rings. The smallest absolute Gasteiger partial charge is 0.327 e. The van der Waals surface area contributed by atoms with E-state index in [-0.39, 0.29) is 24.6 Å². The molecule has 3 rings (SSSR count). The van der Waals surface area contributed by atoms with Gasteiger partial charge in [0, 0.05) is 44.6 Å². The Morgan fingerprint density at radius 2 is 2.04 bits per heavy atom.